The average Bonchev–Trinajstić information content (AvgIpc) is 3.23. The summed E-state index contributed by atoms with van der Waals surface area (Å²) < 4.78 is 18.9. The van der Waals surface area contributed by atoms with Gasteiger partial charge in [-0.25, -0.2) is 14.2 Å². The molecule has 7 nitrogen and oxygen atoms in total. The minimum atomic E-state index is -0.521. The van der Waals surface area contributed by atoms with Crippen molar-refractivity contribution in [2.24, 2.45) is 0 Å². The number of benzene rings is 2. The minimum Gasteiger partial charge on any atom is -0.497 e. The summed E-state index contributed by atoms with van der Waals surface area (Å²) in [6.07, 6.45) is 0. The van der Waals surface area contributed by atoms with Crippen LogP contribution in [0.5, 0.6) is 5.75 Å². The minimum absolute atomic E-state index is 0.0877. The molecule has 1 aromatic heterocycles. The quantitative estimate of drug-likeness (QED) is 0.540. The summed E-state index contributed by atoms with van der Waals surface area (Å²) in [5, 5.41) is 7.54. The number of carbonyl (C=O) groups is 2. The van der Waals surface area contributed by atoms with Crippen LogP contribution in [0.25, 0.3) is 0 Å². The van der Waals surface area contributed by atoms with Gasteiger partial charge in [0.2, 0.25) is 0 Å². The number of methoxy groups -OCH3 is 1. The molecular formula is C22H23FN4O3S. The fourth-order valence-corrected chi connectivity index (χ4v) is 3.51. The van der Waals surface area contributed by atoms with E-state index in [1.165, 1.54) is 23.5 Å². The summed E-state index contributed by atoms with van der Waals surface area (Å²) in [5.74, 6) is -0.332. The zero-order valence-electron chi connectivity index (χ0n) is 17.4. The van der Waals surface area contributed by atoms with E-state index in [0.717, 1.165) is 0 Å². The molecule has 3 rings (SSSR count). The standard InChI is InChI=1S/C22H23FN4O3S/c1-14(2)27(22(29)24-15-8-10-16(30-3)11-9-15)12-20-25-19(13-31-20)21(28)26-18-7-5-4-6-17(18)23/h4-11,13-14H,12H2,1-3H3,(H,24,29)(H,26,28). The number of anilines is 2. The second-order valence-electron chi connectivity index (χ2n) is 6.94. The van der Waals surface area contributed by atoms with E-state index in [1.807, 2.05) is 13.8 Å². The second-order valence-corrected chi connectivity index (χ2v) is 7.88. The SMILES string of the molecule is COc1ccc(NC(=O)N(Cc2nc(C(=O)Nc3ccccc3F)cs2)C(C)C)cc1. The van der Waals surface area contributed by atoms with Crippen LogP contribution in [-0.2, 0) is 6.54 Å². The summed E-state index contributed by atoms with van der Waals surface area (Å²) in [7, 11) is 1.58. The summed E-state index contributed by atoms with van der Waals surface area (Å²) in [6.45, 7) is 4.03. The van der Waals surface area contributed by atoms with Crippen LogP contribution in [0.15, 0.2) is 53.9 Å². The molecule has 3 aromatic rings. The molecular weight excluding hydrogens is 419 g/mol. The Hall–Kier alpha value is -3.46. The number of para-hydroxylation sites is 1. The number of ether oxygens (including phenoxy) is 1. The summed E-state index contributed by atoms with van der Waals surface area (Å²) in [5.41, 5.74) is 0.896. The molecule has 2 N–H and O–H groups in total. The van der Waals surface area contributed by atoms with Crippen LogP contribution < -0.4 is 15.4 Å². The van der Waals surface area contributed by atoms with Crippen molar-refractivity contribution in [3.63, 3.8) is 0 Å². The van der Waals surface area contributed by atoms with Crippen molar-refractivity contribution in [1.29, 1.82) is 0 Å². The molecule has 2 aromatic carbocycles. The number of halogens is 1. The van der Waals surface area contributed by atoms with Gasteiger partial charge in [-0.2, -0.15) is 0 Å². The zero-order valence-corrected chi connectivity index (χ0v) is 18.2. The predicted molar refractivity (Wildman–Crippen MR) is 119 cm³/mol. The number of urea groups is 1. The Balaban J connectivity index is 1.66. The van der Waals surface area contributed by atoms with E-state index in [4.69, 9.17) is 4.74 Å². The summed E-state index contributed by atoms with van der Waals surface area (Å²) in [6, 6.07) is 12.6. The largest absolute Gasteiger partial charge is 0.497 e. The molecule has 0 bridgehead atoms. The molecule has 0 aliphatic carbocycles. The number of aromatic nitrogens is 1. The Morgan fingerprint density at radius 2 is 1.84 bits per heavy atom. The molecule has 1 heterocycles. The van der Waals surface area contributed by atoms with E-state index in [2.05, 4.69) is 15.6 Å². The Morgan fingerprint density at radius 1 is 1.13 bits per heavy atom. The van der Waals surface area contributed by atoms with Gasteiger partial charge in [-0.1, -0.05) is 12.1 Å². The first-order chi connectivity index (χ1) is 14.9. The number of carbonyl (C=O) groups excluding carboxylic acids is 2. The van der Waals surface area contributed by atoms with E-state index in [9.17, 15) is 14.0 Å². The van der Waals surface area contributed by atoms with E-state index >= 15 is 0 Å². The number of amides is 3. The first-order valence-corrected chi connectivity index (χ1v) is 10.5. The zero-order chi connectivity index (χ0) is 22.4. The van der Waals surface area contributed by atoms with Crippen LogP contribution in [0.1, 0.15) is 29.3 Å². The Bertz CT molecular complexity index is 1050. The summed E-state index contributed by atoms with van der Waals surface area (Å²) >= 11 is 1.26. The van der Waals surface area contributed by atoms with E-state index < -0.39 is 11.7 Å². The number of thiazole rings is 1. The molecule has 0 fully saturated rings. The Labute approximate surface area is 183 Å². The fraction of sp³-hybridized carbons (Fsp3) is 0.227. The molecule has 0 unspecified atom stereocenters. The molecule has 31 heavy (non-hydrogen) atoms. The van der Waals surface area contributed by atoms with Crippen molar-refractivity contribution in [2.45, 2.75) is 26.4 Å². The third-order valence-electron chi connectivity index (χ3n) is 4.44. The van der Waals surface area contributed by atoms with Gasteiger partial charge in [0.15, 0.2) is 0 Å². The molecule has 0 saturated heterocycles. The van der Waals surface area contributed by atoms with Gasteiger partial charge in [0.25, 0.3) is 5.91 Å². The van der Waals surface area contributed by atoms with Crippen molar-refractivity contribution >= 4 is 34.6 Å². The van der Waals surface area contributed by atoms with E-state index in [-0.39, 0.29) is 30.0 Å². The van der Waals surface area contributed by atoms with E-state index in [0.29, 0.717) is 16.4 Å². The molecule has 0 atom stereocenters. The molecule has 162 valence electrons. The van der Waals surface area contributed by atoms with Crippen molar-refractivity contribution in [3.8, 4) is 5.75 Å². The molecule has 0 spiro atoms. The maximum atomic E-state index is 13.8. The maximum absolute atomic E-state index is 13.8. The highest BCUT2D eigenvalue weighted by Crippen LogP contribution is 2.19. The lowest BCUT2D eigenvalue weighted by Gasteiger charge is -2.26. The summed E-state index contributed by atoms with van der Waals surface area (Å²) in [4.78, 5) is 31.1. The lowest BCUT2D eigenvalue weighted by atomic mass is 10.3. The topological polar surface area (TPSA) is 83.6 Å². The number of hydrogen-bond donors (Lipinski definition) is 2. The van der Waals surface area contributed by atoms with Crippen LogP contribution in [0.4, 0.5) is 20.6 Å². The van der Waals surface area contributed by atoms with Crippen molar-refractivity contribution in [3.05, 3.63) is 70.4 Å². The van der Waals surface area contributed by atoms with Gasteiger partial charge in [-0.3, -0.25) is 4.79 Å². The van der Waals surface area contributed by atoms with E-state index in [1.54, 1.807) is 53.8 Å². The average molecular weight is 443 g/mol. The molecule has 0 aliphatic rings. The van der Waals surface area contributed by atoms with Crippen LogP contribution in [0.2, 0.25) is 0 Å². The molecule has 0 aliphatic heterocycles. The molecule has 0 radical (unpaired) electrons. The number of nitrogens with zero attached hydrogens (tertiary/aromatic N) is 2. The third kappa shape index (κ3) is 5.79. The lowest BCUT2D eigenvalue weighted by molar-refractivity contribution is 0.102. The number of nitrogens with one attached hydrogen (secondary N) is 2. The maximum Gasteiger partial charge on any atom is 0.322 e. The van der Waals surface area contributed by atoms with Crippen molar-refractivity contribution in [2.75, 3.05) is 17.7 Å². The Morgan fingerprint density at radius 3 is 2.48 bits per heavy atom. The van der Waals surface area contributed by atoms with Crippen LogP contribution in [0.3, 0.4) is 0 Å². The monoisotopic (exact) mass is 442 g/mol. The smallest absolute Gasteiger partial charge is 0.322 e. The van der Waals surface area contributed by atoms with Crippen molar-refractivity contribution in [1.82, 2.24) is 9.88 Å². The normalized spacial score (nSPS) is 10.6. The van der Waals surface area contributed by atoms with Crippen LogP contribution >= 0.6 is 11.3 Å². The van der Waals surface area contributed by atoms with Gasteiger partial charge in [-0.15, -0.1) is 11.3 Å². The predicted octanol–water partition coefficient (Wildman–Crippen LogP) is 4.99. The van der Waals surface area contributed by atoms with Crippen LogP contribution in [-0.4, -0.2) is 35.0 Å². The highest BCUT2D eigenvalue weighted by molar-refractivity contribution is 7.09. The fourth-order valence-electron chi connectivity index (χ4n) is 2.74. The first-order valence-electron chi connectivity index (χ1n) is 9.59. The number of rotatable bonds is 7. The van der Waals surface area contributed by atoms with Gasteiger partial charge < -0.3 is 20.3 Å². The highest BCUT2D eigenvalue weighted by Gasteiger charge is 2.20. The lowest BCUT2D eigenvalue weighted by Crippen LogP contribution is -2.39. The van der Waals surface area contributed by atoms with Gasteiger partial charge in [0, 0.05) is 17.1 Å². The Kier molecular flexibility index (Phi) is 7.19. The van der Waals surface area contributed by atoms with Gasteiger partial charge in [-0.05, 0) is 50.2 Å². The first kappa shape index (κ1) is 22.2. The number of hydrogen-bond acceptors (Lipinski definition) is 5. The molecule has 0 saturated carbocycles. The third-order valence-corrected chi connectivity index (χ3v) is 5.27. The van der Waals surface area contributed by atoms with Crippen LogP contribution in [0, 0.1) is 5.82 Å². The van der Waals surface area contributed by atoms with Gasteiger partial charge >= 0.3 is 6.03 Å². The molecule has 9 heteroatoms. The highest BCUT2D eigenvalue weighted by atomic mass is 32.1. The molecule has 3 amide bonds. The van der Waals surface area contributed by atoms with Crippen molar-refractivity contribution < 1.29 is 18.7 Å². The second kappa shape index (κ2) is 10.0. The van der Waals surface area contributed by atoms with Gasteiger partial charge in [0.05, 0.1) is 19.3 Å². The van der Waals surface area contributed by atoms with Gasteiger partial charge in [0.1, 0.15) is 22.3 Å².